The fourth-order valence-corrected chi connectivity index (χ4v) is 6.00. The maximum absolute atomic E-state index is 5.20. The number of aryl methyl sites for hydroxylation is 1. The Morgan fingerprint density at radius 1 is 0.703 bits per heavy atom. The first-order valence-corrected chi connectivity index (χ1v) is 13.5. The number of hydrogen-bond acceptors (Lipinski definition) is 1. The highest BCUT2D eigenvalue weighted by Gasteiger charge is 2.25. The standard InChI is InChI=1S/C34H35N3/c1-22(2)19-25-21-26(20-23(3)4)33(31-27-15-9-11-17-29(27)36(5)32(25)31)37-30-18-12-10-16-28(30)35-34(37)24-13-7-6-8-14-24/h6-18,21-23H,19-20H2,1-5H3. The molecule has 37 heavy (non-hydrogen) atoms. The lowest BCUT2D eigenvalue weighted by molar-refractivity contribution is 0.636. The summed E-state index contributed by atoms with van der Waals surface area (Å²) in [6, 6.07) is 30.6. The zero-order valence-corrected chi connectivity index (χ0v) is 22.5. The van der Waals surface area contributed by atoms with Crippen molar-refractivity contribution in [1.29, 1.82) is 0 Å². The second-order valence-corrected chi connectivity index (χ2v) is 11.2. The van der Waals surface area contributed by atoms with Crippen molar-refractivity contribution in [2.24, 2.45) is 18.9 Å². The molecular weight excluding hydrogens is 450 g/mol. The van der Waals surface area contributed by atoms with Gasteiger partial charge in [-0.2, -0.15) is 0 Å². The second kappa shape index (κ2) is 9.23. The number of nitrogens with zero attached hydrogens (tertiary/aromatic N) is 3. The average molecular weight is 486 g/mol. The van der Waals surface area contributed by atoms with Gasteiger partial charge in [-0.25, -0.2) is 4.98 Å². The van der Waals surface area contributed by atoms with Crippen LogP contribution in [0.15, 0.2) is 84.9 Å². The predicted molar refractivity (Wildman–Crippen MR) is 158 cm³/mol. The normalized spacial score (nSPS) is 12.1. The molecule has 0 aliphatic rings. The van der Waals surface area contributed by atoms with E-state index in [0.29, 0.717) is 11.8 Å². The van der Waals surface area contributed by atoms with Crippen LogP contribution in [0, 0.1) is 11.8 Å². The zero-order chi connectivity index (χ0) is 25.7. The van der Waals surface area contributed by atoms with E-state index in [-0.39, 0.29) is 0 Å². The van der Waals surface area contributed by atoms with E-state index in [9.17, 15) is 0 Å². The SMILES string of the molecule is CC(C)Cc1cc(CC(C)C)c2c(c1-n1c(-c3ccccc3)nc3ccccc31)c1ccccc1n2C. The molecule has 4 aromatic carbocycles. The summed E-state index contributed by atoms with van der Waals surface area (Å²) in [5, 5.41) is 2.65. The third-order valence-corrected chi connectivity index (χ3v) is 7.37. The molecule has 0 bridgehead atoms. The van der Waals surface area contributed by atoms with Gasteiger partial charge in [0, 0.05) is 28.9 Å². The van der Waals surface area contributed by atoms with Gasteiger partial charge in [0.25, 0.3) is 0 Å². The maximum atomic E-state index is 5.20. The van der Waals surface area contributed by atoms with Crippen molar-refractivity contribution in [3.05, 3.63) is 96.1 Å². The van der Waals surface area contributed by atoms with Crippen LogP contribution < -0.4 is 0 Å². The van der Waals surface area contributed by atoms with E-state index in [1.54, 1.807) is 0 Å². The van der Waals surface area contributed by atoms with Crippen molar-refractivity contribution in [2.45, 2.75) is 40.5 Å². The van der Waals surface area contributed by atoms with Gasteiger partial charge in [-0.05, 0) is 54.0 Å². The summed E-state index contributed by atoms with van der Waals surface area (Å²) in [5.74, 6) is 2.11. The number of benzene rings is 4. The summed E-state index contributed by atoms with van der Waals surface area (Å²) in [4.78, 5) is 5.20. The molecule has 0 amide bonds. The Bertz CT molecular complexity index is 1730. The fraction of sp³-hybridized carbons (Fsp3) is 0.265. The smallest absolute Gasteiger partial charge is 0.145 e. The highest BCUT2D eigenvalue weighted by Crippen LogP contribution is 2.41. The minimum absolute atomic E-state index is 0.535. The Kier molecular flexibility index (Phi) is 5.87. The van der Waals surface area contributed by atoms with Crippen molar-refractivity contribution < 1.29 is 0 Å². The quantitative estimate of drug-likeness (QED) is 0.231. The molecule has 0 spiro atoms. The molecule has 0 unspecified atom stereocenters. The van der Waals surface area contributed by atoms with E-state index in [4.69, 9.17) is 4.98 Å². The minimum Gasteiger partial charge on any atom is -0.343 e. The lowest BCUT2D eigenvalue weighted by Gasteiger charge is -2.21. The first-order valence-electron chi connectivity index (χ1n) is 13.5. The van der Waals surface area contributed by atoms with Gasteiger partial charge >= 0.3 is 0 Å². The highest BCUT2D eigenvalue weighted by atomic mass is 15.1. The molecule has 0 aliphatic heterocycles. The zero-order valence-electron chi connectivity index (χ0n) is 22.5. The van der Waals surface area contributed by atoms with Crippen LogP contribution in [0.2, 0.25) is 0 Å². The van der Waals surface area contributed by atoms with Crippen molar-refractivity contribution in [2.75, 3.05) is 0 Å². The average Bonchev–Trinajstić information content (AvgIpc) is 3.41. The summed E-state index contributed by atoms with van der Waals surface area (Å²) in [7, 11) is 2.23. The number of rotatable bonds is 6. The summed E-state index contributed by atoms with van der Waals surface area (Å²) < 4.78 is 4.85. The van der Waals surface area contributed by atoms with Crippen LogP contribution >= 0.6 is 0 Å². The molecule has 2 heterocycles. The monoisotopic (exact) mass is 485 g/mol. The van der Waals surface area contributed by atoms with Gasteiger partial charge < -0.3 is 4.57 Å². The Morgan fingerprint density at radius 2 is 1.32 bits per heavy atom. The van der Waals surface area contributed by atoms with E-state index in [0.717, 1.165) is 35.3 Å². The number of fused-ring (bicyclic) bond motifs is 4. The summed E-state index contributed by atoms with van der Waals surface area (Å²) in [6.07, 6.45) is 2.07. The van der Waals surface area contributed by atoms with Crippen LogP contribution in [-0.4, -0.2) is 14.1 Å². The number of aromatic nitrogens is 3. The fourth-order valence-electron chi connectivity index (χ4n) is 6.00. The summed E-state index contributed by atoms with van der Waals surface area (Å²) in [6.45, 7) is 9.29. The van der Waals surface area contributed by atoms with Crippen molar-refractivity contribution in [3.8, 4) is 17.1 Å². The van der Waals surface area contributed by atoms with Crippen LogP contribution in [0.3, 0.4) is 0 Å². The third kappa shape index (κ3) is 3.94. The largest absolute Gasteiger partial charge is 0.343 e. The van der Waals surface area contributed by atoms with Gasteiger partial charge in [-0.15, -0.1) is 0 Å². The second-order valence-electron chi connectivity index (χ2n) is 11.2. The molecule has 0 fully saturated rings. The molecule has 0 saturated carbocycles. The van der Waals surface area contributed by atoms with Gasteiger partial charge in [0.1, 0.15) is 5.82 Å². The van der Waals surface area contributed by atoms with Gasteiger partial charge in [-0.1, -0.05) is 94.4 Å². The molecule has 0 atom stereocenters. The van der Waals surface area contributed by atoms with Crippen molar-refractivity contribution >= 4 is 32.8 Å². The van der Waals surface area contributed by atoms with Crippen LogP contribution in [-0.2, 0) is 19.9 Å². The van der Waals surface area contributed by atoms with Gasteiger partial charge in [-0.3, -0.25) is 4.57 Å². The first-order chi connectivity index (χ1) is 17.9. The molecular formula is C34H35N3. The molecule has 2 aromatic heterocycles. The minimum atomic E-state index is 0.535. The van der Waals surface area contributed by atoms with E-state index >= 15 is 0 Å². The Balaban J connectivity index is 1.84. The number of imidazole rings is 1. The van der Waals surface area contributed by atoms with Crippen molar-refractivity contribution in [1.82, 2.24) is 14.1 Å². The number of para-hydroxylation sites is 3. The predicted octanol–water partition coefficient (Wildman–Crippen LogP) is 8.73. The van der Waals surface area contributed by atoms with Crippen molar-refractivity contribution in [3.63, 3.8) is 0 Å². The van der Waals surface area contributed by atoms with Crippen LogP contribution in [0.4, 0.5) is 0 Å². The maximum Gasteiger partial charge on any atom is 0.145 e. The van der Waals surface area contributed by atoms with Gasteiger partial charge in [0.2, 0.25) is 0 Å². The van der Waals surface area contributed by atoms with Crippen LogP contribution in [0.1, 0.15) is 38.8 Å². The molecule has 3 nitrogen and oxygen atoms in total. The van der Waals surface area contributed by atoms with Crippen LogP contribution in [0.5, 0.6) is 0 Å². The van der Waals surface area contributed by atoms with Crippen LogP contribution in [0.25, 0.3) is 49.9 Å². The first kappa shape index (κ1) is 23.5. The van der Waals surface area contributed by atoms with E-state index in [1.165, 1.54) is 38.6 Å². The van der Waals surface area contributed by atoms with E-state index < -0.39 is 0 Å². The Hall–Kier alpha value is -3.85. The summed E-state index contributed by atoms with van der Waals surface area (Å²) in [5.41, 5.74) is 10.0. The summed E-state index contributed by atoms with van der Waals surface area (Å²) >= 11 is 0. The molecule has 6 aromatic rings. The topological polar surface area (TPSA) is 22.8 Å². The Labute approximate surface area is 219 Å². The Morgan fingerprint density at radius 3 is 2.05 bits per heavy atom. The molecule has 0 radical (unpaired) electrons. The third-order valence-electron chi connectivity index (χ3n) is 7.37. The molecule has 0 saturated heterocycles. The van der Waals surface area contributed by atoms with Gasteiger partial charge in [0.15, 0.2) is 0 Å². The lowest BCUT2D eigenvalue weighted by atomic mass is 9.91. The number of hydrogen-bond donors (Lipinski definition) is 0. The lowest BCUT2D eigenvalue weighted by Crippen LogP contribution is -2.09. The van der Waals surface area contributed by atoms with Gasteiger partial charge in [0.05, 0.1) is 22.2 Å². The molecule has 0 N–H and O–H groups in total. The van der Waals surface area contributed by atoms with E-state index in [2.05, 4.69) is 129 Å². The molecule has 3 heteroatoms. The van der Waals surface area contributed by atoms with E-state index in [1.807, 2.05) is 0 Å². The molecule has 186 valence electrons. The molecule has 0 aliphatic carbocycles. The highest BCUT2D eigenvalue weighted by molar-refractivity contribution is 6.14. The molecule has 6 rings (SSSR count).